The van der Waals surface area contributed by atoms with Gasteiger partial charge in [-0.15, -0.1) is 0 Å². The van der Waals surface area contributed by atoms with Gasteiger partial charge in [0.1, 0.15) is 5.75 Å². The van der Waals surface area contributed by atoms with Gasteiger partial charge >= 0.3 is 15.5 Å². The normalized spacial score (nSPS) is 18.3. The van der Waals surface area contributed by atoms with Crippen LogP contribution in [0.4, 0.5) is 18.9 Å². The molecule has 2 atom stereocenters. The van der Waals surface area contributed by atoms with E-state index < -0.39 is 21.6 Å². The summed E-state index contributed by atoms with van der Waals surface area (Å²) in [6, 6.07) is 14.3. The lowest BCUT2D eigenvalue weighted by atomic mass is 9.88. The fraction of sp³-hybridized carbons (Fsp3) is 0.227. The number of aromatic nitrogens is 1. The van der Waals surface area contributed by atoms with E-state index in [4.69, 9.17) is 4.74 Å². The summed E-state index contributed by atoms with van der Waals surface area (Å²) in [4.78, 5) is 4.32. The molecule has 0 spiro atoms. The van der Waals surface area contributed by atoms with E-state index in [0.29, 0.717) is 23.3 Å². The quantitative estimate of drug-likeness (QED) is 0.470. The number of anilines is 1. The molecule has 1 aliphatic heterocycles. The fourth-order valence-electron chi connectivity index (χ4n) is 3.61. The number of alkyl halides is 3. The number of aliphatic hydroxyl groups excluding tert-OH is 1. The predicted octanol–water partition coefficient (Wildman–Crippen LogP) is 5.06. The number of halogens is 4. The van der Waals surface area contributed by atoms with Gasteiger partial charge in [0.05, 0.1) is 18.4 Å². The molecule has 0 radical (unpaired) electrons. The molecule has 0 saturated carbocycles. The van der Waals surface area contributed by atoms with Crippen molar-refractivity contribution in [1.29, 1.82) is 0 Å². The van der Waals surface area contributed by atoms with E-state index >= 15 is 0 Å². The van der Waals surface area contributed by atoms with Gasteiger partial charge in [-0.1, -0.05) is 30.3 Å². The van der Waals surface area contributed by atoms with Crippen molar-refractivity contribution in [3.63, 3.8) is 0 Å². The Kier molecular flexibility index (Phi) is 6.39. The fourth-order valence-corrected chi connectivity index (χ4v) is 4.42. The molecule has 0 bridgehead atoms. The number of rotatable bonds is 5. The Hall–Kier alpha value is -2.63. The number of nitrogens with zero attached hydrogens (tertiary/aromatic N) is 1. The van der Waals surface area contributed by atoms with Crippen molar-refractivity contribution in [3.05, 3.63) is 76.5 Å². The van der Waals surface area contributed by atoms with E-state index in [1.165, 1.54) is 18.2 Å². The highest BCUT2D eigenvalue weighted by atomic mass is 79.9. The average molecular weight is 543 g/mol. The molecule has 3 aromatic rings. The van der Waals surface area contributed by atoms with Crippen LogP contribution < -0.4 is 9.46 Å². The van der Waals surface area contributed by atoms with E-state index in [9.17, 15) is 26.7 Å². The Morgan fingerprint density at radius 2 is 1.91 bits per heavy atom. The summed E-state index contributed by atoms with van der Waals surface area (Å²) in [5.41, 5.74) is -3.63. The number of hydrogen-bond donors (Lipinski definition) is 2. The maximum atomic E-state index is 12.8. The third-order valence-corrected chi connectivity index (χ3v) is 6.85. The van der Waals surface area contributed by atoms with Crippen molar-refractivity contribution < 1.29 is 31.4 Å². The van der Waals surface area contributed by atoms with Gasteiger partial charge in [0, 0.05) is 33.4 Å². The van der Waals surface area contributed by atoms with Gasteiger partial charge in [0.2, 0.25) is 0 Å². The van der Waals surface area contributed by atoms with Crippen LogP contribution in [0.5, 0.6) is 5.75 Å². The number of fused-ring (bicyclic) bond motifs is 1. The monoisotopic (exact) mass is 542 g/mol. The summed E-state index contributed by atoms with van der Waals surface area (Å²) in [6.45, 7) is 0.220. The van der Waals surface area contributed by atoms with Crippen molar-refractivity contribution >= 4 is 31.6 Å². The zero-order valence-corrected chi connectivity index (χ0v) is 19.3. The summed E-state index contributed by atoms with van der Waals surface area (Å²) >= 11 is 3.33. The molecule has 6 nitrogen and oxygen atoms in total. The zero-order valence-electron chi connectivity index (χ0n) is 16.9. The standard InChI is InChI=1S/C22H18BrF3N2O4S/c23-15-6-7-16(27-11-15)9-14-12-32-20-10-13(5-8-18(20)21(14)29)17-3-1-2-4-19(17)28-33(30,31)22(24,25)26/h1-8,10-11,14,21,28-29H,9,12H2/t14-,21+/m0/s1. The number of para-hydroxylation sites is 1. The average Bonchev–Trinajstić information content (AvgIpc) is 2.76. The number of aliphatic hydroxyl groups is 1. The van der Waals surface area contributed by atoms with Crippen LogP contribution in [0, 0.1) is 5.92 Å². The largest absolute Gasteiger partial charge is 0.516 e. The second kappa shape index (κ2) is 8.96. The SMILES string of the molecule is O=S(=O)(Nc1ccccc1-c1ccc2c(c1)OC[C@H](Cc1ccc(Br)cn1)[C@H]2O)C(F)(F)F. The molecule has 174 valence electrons. The van der Waals surface area contributed by atoms with Crippen LogP contribution in [-0.2, 0) is 16.4 Å². The van der Waals surface area contributed by atoms with Crippen LogP contribution in [0.2, 0.25) is 0 Å². The Bertz CT molecular complexity index is 1270. The van der Waals surface area contributed by atoms with Crippen LogP contribution in [-0.4, -0.2) is 30.6 Å². The molecule has 1 aromatic heterocycles. The number of hydrogen-bond acceptors (Lipinski definition) is 5. The summed E-state index contributed by atoms with van der Waals surface area (Å²) in [5, 5.41) is 10.9. The van der Waals surface area contributed by atoms with E-state index in [2.05, 4.69) is 20.9 Å². The van der Waals surface area contributed by atoms with Crippen molar-refractivity contribution in [2.75, 3.05) is 11.3 Å². The van der Waals surface area contributed by atoms with Gasteiger partial charge in [0.25, 0.3) is 0 Å². The first-order valence-electron chi connectivity index (χ1n) is 9.79. The van der Waals surface area contributed by atoms with Gasteiger partial charge in [0.15, 0.2) is 0 Å². The predicted molar refractivity (Wildman–Crippen MR) is 120 cm³/mol. The summed E-state index contributed by atoms with van der Waals surface area (Å²) in [6.07, 6.45) is 1.35. The minimum Gasteiger partial charge on any atom is -0.493 e. The molecule has 2 heterocycles. The molecule has 1 aliphatic rings. The number of sulfonamides is 1. The molecule has 2 N–H and O–H groups in total. The van der Waals surface area contributed by atoms with Gasteiger partial charge in [-0.05, 0) is 52.2 Å². The van der Waals surface area contributed by atoms with E-state index in [0.717, 1.165) is 10.2 Å². The second-order valence-corrected chi connectivity index (χ2v) is 10.1. The lowest BCUT2D eigenvalue weighted by Crippen LogP contribution is -2.30. The molecule has 0 amide bonds. The van der Waals surface area contributed by atoms with Gasteiger partial charge in [-0.3, -0.25) is 9.71 Å². The molecular weight excluding hydrogens is 525 g/mol. The van der Waals surface area contributed by atoms with Crippen molar-refractivity contribution in [1.82, 2.24) is 4.98 Å². The highest BCUT2D eigenvalue weighted by Crippen LogP contribution is 2.41. The molecule has 0 aliphatic carbocycles. The summed E-state index contributed by atoms with van der Waals surface area (Å²) in [5.74, 6) is 0.149. The van der Waals surface area contributed by atoms with Gasteiger partial charge in [-0.25, -0.2) is 0 Å². The third-order valence-electron chi connectivity index (χ3n) is 5.28. The van der Waals surface area contributed by atoms with Crippen LogP contribution in [0.1, 0.15) is 17.4 Å². The molecule has 0 saturated heterocycles. The summed E-state index contributed by atoms with van der Waals surface area (Å²) < 4.78 is 69.9. The molecule has 0 fully saturated rings. The maximum absolute atomic E-state index is 12.8. The van der Waals surface area contributed by atoms with Crippen LogP contribution in [0.25, 0.3) is 11.1 Å². The summed E-state index contributed by atoms with van der Waals surface area (Å²) in [7, 11) is -5.58. The van der Waals surface area contributed by atoms with Crippen LogP contribution in [0.3, 0.4) is 0 Å². The Morgan fingerprint density at radius 1 is 1.15 bits per heavy atom. The van der Waals surface area contributed by atoms with E-state index in [-0.39, 0.29) is 23.8 Å². The highest BCUT2D eigenvalue weighted by Gasteiger charge is 2.46. The first-order chi connectivity index (χ1) is 15.5. The van der Waals surface area contributed by atoms with Crippen molar-refractivity contribution in [2.45, 2.75) is 18.0 Å². The lowest BCUT2D eigenvalue weighted by Gasteiger charge is -2.30. The lowest BCUT2D eigenvalue weighted by molar-refractivity contribution is -0.0429. The van der Waals surface area contributed by atoms with E-state index in [1.54, 1.807) is 35.2 Å². The topological polar surface area (TPSA) is 88.5 Å². The Balaban J connectivity index is 1.60. The molecular formula is C22H18BrF3N2O4S. The van der Waals surface area contributed by atoms with Gasteiger partial charge < -0.3 is 9.84 Å². The Morgan fingerprint density at radius 3 is 2.61 bits per heavy atom. The first kappa shape index (κ1) is 23.5. The van der Waals surface area contributed by atoms with Crippen LogP contribution in [0.15, 0.2) is 65.3 Å². The molecule has 33 heavy (non-hydrogen) atoms. The number of pyridine rings is 1. The minimum atomic E-state index is -5.58. The van der Waals surface area contributed by atoms with Gasteiger partial charge in [-0.2, -0.15) is 21.6 Å². The smallest absolute Gasteiger partial charge is 0.493 e. The van der Waals surface area contributed by atoms with Crippen LogP contribution >= 0.6 is 15.9 Å². The minimum absolute atomic E-state index is 0.217. The van der Waals surface area contributed by atoms with Crippen molar-refractivity contribution in [2.24, 2.45) is 5.92 Å². The molecule has 0 unspecified atom stereocenters. The second-order valence-electron chi connectivity index (χ2n) is 7.54. The van der Waals surface area contributed by atoms with E-state index in [1.807, 2.05) is 12.1 Å². The number of nitrogens with one attached hydrogen (secondary N) is 1. The molecule has 11 heteroatoms. The Labute approximate surface area is 196 Å². The van der Waals surface area contributed by atoms with Crippen molar-refractivity contribution in [3.8, 4) is 16.9 Å². The first-order valence-corrected chi connectivity index (χ1v) is 12.1. The maximum Gasteiger partial charge on any atom is 0.516 e. The number of benzene rings is 2. The zero-order chi connectivity index (χ0) is 23.8. The molecule has 4 rings (SSSR count). The number of ether oxygens (including phenoxy) is 1. The third kappa shape index (κ3) is 4.99. The highest BCUT2D eigenvalue weighted by molar-refractivity contribution is 9.10. The molecule has 2 aromatic carbocycles.